The van der Waals surface area contributed by atoms with Crippen molar-refractivity contribution >= 4 is 11.7 Å². The number of carbonyl (C=O) groups is 1. The highest BCUT2D eigenvalue weighted by molar-refractivity contribution is 5.89. The second kappa shape index (κ2) is 4.82. The highest BCUT2D eigenvalue weighted by atomic mass is 19.4. The minimum absolute atomic E-state index is 0.0830. The van der Waals surface area contributed by atoms with Crippen molar-refractivity contribution in [2.45, 2.75) is 6.18 Å². The first kappa shape index (κ1) is 12.3. The van der Waals surface area contributed by atoms with Crippen LogP contribution in [0.1, 0.15) is 0 Å². The molecular weight excluding hydrogens is 228 g/mol. The van der Waals surface area contributed by atoms with Gasteiger partial charge in [-0.1, -0.05) is 6.07 Å². The molecule has 1 aromatic carbocycles. The summed E-state index contributed by atoms with van der Waals surface area (Å²) in [5.41, 5.74) is 0.0830. The number of benzene rings is 1. The number of amides is 2. The number of anilines is 1. The summed E-state index contributed by atoms with van der Waals surface area (Å²) < 4.78 is 47.8. The number of nitrogens with one attached hydrogen (secondary N) is 2. The minimum Gasteiger partial charge on any atom is -0.329 e. The van der Waals surface area contributed by atoms with Gasteiger partial charge in [-0.2, -0.15) is 13.2 Å². The number of halogens is 4. The molecule has 1 rings (SSSR count). The molecule has 0 unspecified atom stereocenters. The Kier molecular flexibility index (Phi) is 3.70. The molecule has 2 N–H and O–H groups in total. The smallest absolute Gasteiger partial charge is 0.329 e. The van der Waals surface area contributed by atoms with Crippen LogP contribution in [0.25, 0.3) is 0 Å². The van der Waals surface area contributed by atoms with Crippen molar-refractivity contribution in [2.75, 3.05) is 11.9 Å². The fourth-order valence-corrected chi connectivity index (χ4v) is 0.922. The minimum atomic E-state index is -4.47. The highest BCUT2D eigenvalue weighted by Gasteiger charge is 2.27. The normalized spacial score (nSPS) is 11.0. The molecule has 2 amide bonds. The predicted molar refractivity (Wildman–Crippen MR) is 49.5 cm³/mol. The van der Waals surface area contributed by atoms with Crippen molar-refractivity contribution < 1.29 is 22.4 Å². The van der Waals surface area contributed by atoms with E-state index in [9.17, 15) is 22.4 Å². The fourth-order valence-electron chi connectivity index (χ4n) is 0.922. The predicted octanol–water partition coefficient (Wildman–Crippen LogP) is 2.51. The lowest BCUT2D eigenvalue weighted by atomic mass is 10.3. The fraction of sp³-hybridized carbons (Fsp3) is 0.222. The van der Waals surface area contributed by atoms with E-state index in [2.05, 4.69) is 5.32 Å². The van der Waals surface area contributed by atoms with Gasteiger partial charge < -0.3 is 10.6 Å². The van der Waals surface area contributed by atoms with Crippen LogP contribution in [0.4, 0.5) is 28.0 Å². The summed E-state index contributed by atoms with van der Waals surface area (Å²) in [5, 5.41) is 3.66. The van der Waals surface area contributed by atoms with E-state index in [1.807, 2.05) is 0 Å². The lowest BCUT2D eigenvalue weighted by molar-refractivity contribution is -0.122. The van der Waals surface area contributed by atoms with Crippen LogP contribution in [0, 0.1) is 5.82 Å². The van der Waals surface area contributed by atoms with Gasteiger partial charge in [-0.25, -0.2) is 9.18 Å². The van der Waals surface area contributed by atoms with E-state index in [1.54, 1.807) is 5.32 Å². The van der Waals surface area contributed by atoms with Gasteiger partial charge >= 0.3 is 12.2 Å². The molecule has 0 saturated carbocycles. The third-order valence-corrected chi connectivity index (χ3v) is 1.53. The SMILES string of the molecule is O=C(NCC(F)(F)F)Nc1cccc(F)c1. The molecule has 1 aromatic rings. The Balaban J connectivity index is 2.46. The van der Waals surface area contributed by atoms with E-state index < -0.39 is 24.6 Å². The van der Waals surface area contributed by atoms with Crippen LogP contribution in [0.5, 0.6) is 0 Å². The molecule has 0 aliphatic heterocycles. The summed E-state index contributed by atoms with van der Waals surface area (Å²) in [5.74, 6) is -0.589. The maximum Gasteiger partial charge on any atom is 0.405 e. The topological polar surface area (TPSA) is 41.1 Å². The van der Waals surface area contributed by atoms with Gasteiger partial charge in [-0.05, 0) is 18.2 Å². The van der Waals surface area contributed by atoms with Gasteiger partial charge in [0.15, 0.2) is 0 Å². The summed E-state index contributed by atoms with van der Waals surface area (Å²) >= 11 is 0. The van der Waals surface area contributed by atoms with Gasteiger partial charge in [-0.15, -0.1) is 0 Å². The quantitative estimate of drug-likeness (QED) is 0.761. The maximum absolute atomic E-state index is 12.6. The van der Waals surface area contributed by atoms with Crippen molar-refractivity contribution in [3.05, 3.63) is 30.1 Å². The molecule has 0 radical (unpaired) electrons. The molecule has 0 heterocycles. The van der Waals surface area contributed by atoms with E-state index in [1.165, 1.54) is 12.1 Å². The van der Waals surface area contributed by atoms with Gasteiger partial charge in [-0.3, -0.25) is 0 Å². The first-order valence-electron chi connectivity index (χ1n) is 4.24. The van der Waals surface area contributed by atoms with E-state index in [0.717, 1.165) is 12.1 Å². The van der Waals surface area contributed by atoms with Crippen molar-refractivity contribution in [1.29, 1.82) is 0 Å². The zero-order chi connectivity index (χ0) is 12.2. The number of rotatable bonds is 2. The Morgan fingerprint density at radius 2 is 2.00 bits per heavy atom. The maximum atomic E-state index is 12.6. The highest BCUT2D eigenvalue weighted by Crippen LogP contribution is 2.12. The molecule has 7 heteroatoms. The van der Waals surface area contributed by atoms with Crippen LogP contribution in [0.3, 0.4) is 0 Å². The standard InChI is InChI=1S/C9H8F4N2O/c10-6-2-1-3-7(4-6)15-8(16)14-5-9(11,12)13/h1-4H,5H2,(H2,14,15,16). The van der Waals surface area contributed by atoms with Gasteiger partial charge in [0, 0.05) is 5.69 Å². The molecule has 88 valence electrons. The Labute approximate surface area is 88.4 Å². The summed E-state index contributed by atoms with van der Waals surface area (Å²) in [6.45, 7) is -1.44. The van der Waals surface area contributed by atoms with E-state index in [4.69, 9.17) is 0 Å². The molecule has 0 fully saturated rings. The second-order valence-corrected chi connectivity index (χ2v) is 2.93. The van der Waals surface area contributed by atoms with Crippen LogP contribution in [0.15, 0.2) is 24.3 Å². The zero-order valence-electron chi connectivity index (χ0n) is 7.94. The Morgan fingerprint density at radius 3 is 2.56 bits per heavy atom. The molecule has 0 spiro atoms. The number of hydrogen-bond donors (Lipinski definition) is 2. The third kappa shape index (κ3) is 4.63. The van der Waals surface area contributed by atoms with E-state index in [0.29, 0.717) is 0 Å². The molecule has 0 aliphatic carbocycles. The van der Waals surface area contributed by atoms with Crippen LogP contribution in [0.2, 0.25) is 0 Å². The molecule has 16 heavy (non-hydrogen) atoms. The number of alkyl halides is 3. The first-order chi connectivity index (χ1) is 7.37. The van der Waals surface area contributed by atoms with Gasteiger partial charge in [0.05, 0.1) is 0 Å². The van der Waals surface area contributed by atoms with Crippen molar-refractivity contribution in [3.8, 4) is 0 Å². The second-order valence-electron chi connectivity index (χ2n) is 2.93. The average molecular weight is 236 g/mol. The molecule has 3 nitrogen and oxygen atoms in total. The number of carbonyl (C=O) groups excluding carboxylic acids is 1. The average Bonchev–Trinajstić information content (AvgIpc) is 2.14. The monoisotopic (exact) mass is 236 g/mol. The molecule has 0 bridgehead atoms. The third-order valence-electron chi connectivity index (χ3n) is 1.53. The van der Waals surface area contributed by atoms with Crippen molar-refractivity contribution in [3.63, 3.8) is 0 Å². The van der Waals surface area contributed by atoms with E-state index in [-0.39, 0.29) is 5.69 Å². The Hall–Kier alpha value is -1.79. The number of hydrogen-bond acceptors (Lipinski definition) is 1. The summed E-state index contributed by atoms with van der Waals surface area (Å²) in [6.07, 6.45) is -4.47. The largest absolute Gasteiger partial charge is 0.405 e. The Bertz CT molecular complexity index is 378. The molecule has 0 atom stereocenters. The molecule has 0 saturated heterocycles. The molecule has 0 aliphatic rings. The van der Waals surface area contributed by atoms with Crippen LogP contribution >= 0.6 is 0 Å². The van der Waals surface area contributed by atoms with Crippen molar-refractivity contribution in [2.24, 2.45) is 0 Å². The van der Waals surface area contributed by atoms with Crippen LogP contribution in [-0.2, 0) is 0 Å². The lowest BCUT2D eigenvalue weighted by Crippen LogP contribution is -2.36. The number of urea groups is 1. The van der Waals surface area contributed by atoms with Crippen molar-refractivity contribution in [1.82, 2.24) is 5.32 Å². The summed E-state index contributed by atoms with van der Waals surface area (Å²) in [7, 11) is 0. The Morgan fingerprint density at radius 1 is 1.31 bits per heavy atom. The first-order valence-corrected chi connectivity index (χ1v) is 4.24. The molecular formula is C9H8F4N2O. The van der Waals surface area contributed by atoms with Gasteiger partial charge in [0.1, 0.15) is 12.4 Å². The molecule has 0 aromatic heterocycles. The van der Waals surface area contributed by atoms with Gasteiger partial charge in [0.25, 0.3) is 0 Å². The van der Waals surface area contributed by atoms with E-state index >= 15 is 0 Å². The van der Waals surface area contributed by atoms with Crippen LogP contribution in [-0.4, -0.2) is 18.8 Å². The van der Waals surface area contributed by atoms with Crippen LogP contribution < -0.4 is 10.6 Å². The summed E-state index contributed by atoms with van der Waals surface area (Å²) in [6, 6.07) is 3.79. The summed E-state index contributed by atoms with van der Waals surface area (Å²) in [4.78, 5) is 10.9. The lowest BCUT2D eigenvalue weighted by Gasteiger charge is -2.09. The van der Waals surface area contributed by atoms with Gasteiger partial charge in [0.2, 0.25) is 0 Å². The zero-order valence-corrected chi connectivity index (χ0v) is 7.94.